The number of ketones is 1. The summed E-state index contributed by atoms with van der Waals surface area (Å²) in [5, 5.41) is 2.81. The molecule has 0 bridgehead atoms. The number of amides is 1. The fourth-order valence-corrected chi connectivity index (χ4v) is 2.96. The first-order valence-electron chi connectivity index (χ1n) is 8.70. The van der Waals surface area contributed by atoms with Crippen LogP contribution in [0.4, 0.5) is 5.69 Å². The van der Waals surface area contributed by atoms with Crippen molar-refractivity contribution in [1.82, 2.24) is 0 Å². The zero-order valence-electron chi connectivity index (χ0n) is 15.3. The van der Waals surface area contributed by atoms with Crippen LogP contribution in [0.1, 0.15) is 55.5 Å². The highest BCUT2D eigenvalue weighted by molar-refractivity contribution is 9.10. The summed E-state index contributed by atoms with van der Waals surface area (Å²) in [5.41, 5.74) is 2.47. The molecule has 0 aliphatic carbocycles. The Hall–Kier alpha value is -2.14. The maximum atomic E-state index is 12.0. The van der Waals surface area contributed by atoms with Crippen LogP contribution in [-0.4, -0.2) is 18.3 Å². The summed E-state index contributed by atoms with van der Waals surface area (Å²) in [6.07, 6.45) is 0.961. The smallest absolute Gasteiger partial charge is 0.224 e. The van der Waals surface area contributed by atoms with Gasteiger partial charge in [0.25, 0.3) is 0 Å². The molecule has 0 aliphatic heterocycles. The van der Waals surface area contributed by atoms with Gasteiger partial charge in [-0.1, -0.05) is 32.0 Å². The maximum Gasteiger partial charge on any atom is 0.224 e. The number of anilines is 1. The number of benzene rings is 2. The van der Waals surface area contributed by atoms with Gasteiger partial charge >= 0.3 is 0 Å². The minimum atomic E-state index is -0.0940. The predicted molar refractivity (Wildman–Crippen MR) is 108 cm³/mol. The minimum absolute atomic E-state index is 0.0245. The molecule has 0 saturated heterocycles. The van der Waals surface area contributed by atoms with Gasteiger partial charge in [0.1, 0.15) is 5.75 Å². The molecule has 0 atom stereocenters. The van der Waals surface area contributed by atoms with Gasteiger partial charge in [0, 0.05) is 17.7 Å². The van der Waals surface area contributed by atoms with E-state index in [-0.39, 0.29) is 11.7 Å². The van der Waals surface area contributed by atoms with Gasteiger partial charge in [-0.3, -0.25) is 9.59 Å². The van der Waals surface area contributed by atoms with E-state index >= 15 is 0 Å². The highest BCUT2D eigenvalue weighted by atomic mass is 79.9. The van der Waals surface area contributed by atoms with E-state index in [1.807, 2.05) is 6.07 Å². The summed E-state index contributed by atoms with van der Waals surface area (Å²) < 4.78 is 6.68. The summed E-state index contributed by atoms with van der Waals surface area (Å²) in [5.74, 6) is 1.13. The Morgan fingerprint density at radius 2 is 1.92 bits per heavy atom. The second-order valence-electron chi connectivity index (χ2n) is 6.48. The van der Waals surface area contributed by atoms with Gasteiger partial charge in [-0.2, -0.15) is 0 Å². The van der Waals surface area contributed by atoms with E-state index in [9.17, 15) is 9.59 Å². The van der Waals surface area contributed by atoms with Crippen LogP contribution in [0.3, 0.4) is 0 Å². The number of halogens is 1. The van der Waals surface area contributed by atoms with Gasteiger partial charge < -0.3 is 10.1 Å². The van der Waals surface area contributed by atoms with E-state index in [1.165, 1.54) is 12.5 Å². The number of hydrogen-bond acceptors (Lipinski definition) is 3. The molecule has 0 unspecified atom stereocenters. The molecule has 2 aromatic rings. The fraction of sp³-hybridized carbons (Fsp3) is 0.333. The molecule has 0 aliphatic rings. The summed E-state index contributed by atoms with van der Waals surface area (Å²) in [6, 6.07) is 13.0. The first-order chi connectivity index (χ1) is 12.4. The number of Topliss-reactive ketones (excluding diaryl/α,β-unsaturated/α-hetero) is 1. The highest BCUT2D eigenvalue weighted by Crippen LogP contribution is 2.29. The Labute approximate surface area is 163 Å². The van der Waals surface area contributed by atoms with Crippen LogP contribution in [0, 0.1) is 0 Å². The van der Waals surface area contributed by atoms with Gasteiger partial charge in [0.15, 0.2) is 5.78 Å². The first kappa shape index (κ1) is 20.2. The van der Waals surface area contributed by atoms with E-state index < -0.39 is 0 Å². The monoisotopic (exact) mass is 417 g/mol. The molecule has 0 fully saturated rings. The molecule has 0 spiro atoms. The third-order valence-electron chi connectivity index (χ3n) is 3.98. The van der Waals surface area contributed by atoms with Crippen molar-refractivity contribution in [2.24, 2.45) is 0 Å². The number of carbonyl (C=O) groups is 2. The van der Waals surface area contributed by atoms with Crippen molar-refractivity contribution in [2.75, 3.05) is 11.9 Å². The summed E-state index contributed by atoms with van der Waals surface area (Å²) in [7, 11) is 0. The second kappa shape index (κ2) is 9.53. The lowest BCUT2D eigenvalue weighted by Gasteiger charge is -2.11. The molecule has 0 heterocycles. The molecule has 26 heavy (non-hydrogen) atoms. The summed E-state index contributed by atoms with van der Waals surface area (Å²) in [6.45, 7) is 6.25. The van der Waals surface area contributed by atoms with E-state index in [0.717, 1.165) is 10.2 Å². The van der Waals surface area contributed by atoms with Crippen molar-refractivity contribution >= 4 is 33.3 Å². The topological polar surface area (TPSA) is 55.4 Å². The molecule has 0 radical (unpaired) electrons. The molecular formula is C21H24BrNO3. The van der Waals surface area contributed by atoms with Gasteiger partial charge in [-0.15, -0.1) is 0 Å². The van der Waals surface area contributed by atoms with Gasteiger partial charge in [0.05, 0.1) is 11.1 Å². The third kappa shape index (κ3) is 5.99. The Kier molecular flexibility index (Phi) is 7.39. The minimum Gasteiger partial charge on any atom is -0.492 e. The summed E-state index contributed by atoms with van der Waals surface area (Å²) in [4.78, 5) is 23.4. The van der Waals surface area contributed by atoms with E-state index in [4.69, 9.17) is 4.74 Å². The lowest BCUT2D eigenvalue weighted by molar-refractivity contribution is -0.116. The standard InChI is InChI=1S/C21H24BrNO3/c1-14(2)16-9-10-20(19(22)13-16)26-11-5-8-21(25)23-18-7-4-6-17(12-18)15(3)24/h4,6-7,9-10,12-14H,5,8,11H2,1-3H3,(H,23,25). The average Bonchev–Trinajstić information content (AvgIpc) is 2.59. The Balaban J connectivity index is 1.78. The van der Waals surface area contributed by atoms with E-state index in [0.29, 0.717) is 36.6 Å². The summed E-state index contributed by atoms with van der Waals surface area (Å²) >= 11 is 3.53. The lowest BCUT2D eigenvalue weighted by Crippen LogP contribution is -2.13. The van der Waals surface area contributed by atoms with Gasteiger partial charge in [-0.25, -0.2) is 0 Å². The van der Waals surface area contributed by atoms with Crippen molar-refractivity contribution in [1.29, 1.82) is 0 Å². The van der Waals surface area contributed by atoms with Crippen molar-refractivity contribution in [3.05, 3.63) is 58.1 Å². The lowest BCUT2D eigenvalue weighted by atomic mass is 10.0. The number of hydrogen-bond donors (Lipinski definition) is 1. The van der Waals surface area contributed by atoms with Gasteiger partial charge in [0.2, 0.25) is 5.91 Å². The zero-order chi connectivity index (χ0) is 19.1. The Morgan fingerprint density at radius 3 is 2.58 bits per heavy atom. The number of carbonyl (C=O) groups excluding carboxylic acids is 2. The van der Waals surface area contributed by atoms with E-state index in [1.54, 1.807) is 24.3 Å². The molecule has 0 saturated carbocycles. The molecule has 4 nitrogen and oxygen atoms in total. The normalized spacial score (nSPS) is 10.7. The van der Waals surface area contributed by atoms with Crippen LogP contribution in [0.15, 0.2) is 46.9 Å². The van der Waals surface area contributed by atoms with Crippen LogP contribution in [0.25, 0.3) is 0 Å². The number of nitrogens with one attached hydrogen (secondary N) is 1. The molecular weight excluding hydrogens is 394 g/mol. The third-order valence-corrected chi connectivity index (χ3v) is 4.60. The number of ether oxygens (including phenoxy) is 1. The Morgan fingerprint density at radius 1 is 1.15 bits per heavy atom. The molecule has 5 heteroatoms. The molecule has 0 aromatic heterocycles. The zero-order valence-corrected chi connectivity index (χ0v) is 16.9. The van der Waals surface area contributed by atoms with Gasteiger partial charge in [-0.05, 0) is 65.0 Å². The average molecular weight is 418 g/mol. The Bertz CT molecular complexity index is 787. The largest absolute Gasteiger partial charge is 0.492 e. The fourth-order valence-electron chi connectivity index (χ4n) is 2.45. The van der Waals surface area contributed by atoms with Crippen LogP contribution in [0.2, 0.25) is 0 Å². The molecule has 1 amide bonds. The van der Waals surface area contributed by atoms with Crippen molar-refractivity contribution in [3.63, 3.8) is 0 Å². The molecule has 138 valence electrons. The van der Waals surface area contributed by atoms with Crippen molar-refractivity contribution < 1.29 is 14.3 Å². The van der Waals surface area contributed by atoms with Crippen LogP contribution in [-0.2, 0) is 4.79 Å². The molecule has 1 N–H and O–H groups in total. The quantitative estimate of drug-likeness (QED) is 0.450. The van der Waals surface area contributed by atoms with Crippen LogP contribution < -0.4 is 10.1 Å². The van der Waals surface area contributed by atoms with Crippen LogP contribution >= 0.6 is 15.9 Å². The maximum absolute atomic E-state index is 12.0. The van der Waals surface area contributed by atoms with Crippen molar-refractivity contribution in [2.45, 2.75) is 39.5 Å². The highest BCUT2D eigenvalue weighted by Gasteiger charge is 2.07. The predicted octanol–water partition coefficient (Wildman–Crippen LogP) is 5.57. The second-order valence-corrected chi connectivity index (χ2v) is 7.34. The number of rotatable bonds is 8. The van der Waals surface area contributed by atoms with Crippen LogP contribution in [0.5, 0.6) is 5.75 Å². The molecule has 2 aromatic carbocycles. The SMILES string of the molecule is CC(=O)c1cccc(NC(=O)CCCOc2ccc(C(C)C)cc2Br)c1. The first-order valence-corrected chi connectivity index (χ1v) is 9.49. The van der Waals surface area contributed by atoms with E-state index in [2.05, 4.69) is 47.2 Å². The molecule has 2 rings (SSSR count). The van der Waals surface area contributed by atoms with Crippen molar-refractivity contribution in [3.8, 4) is 5.75 Å².